The Morgan fingerprint density at radius 3 is 2.70 bits per heavy atom. The van der Waals surface area contributed by atoms with Crippen molar-refractivity contribution >= 4 is 33.1 Å². The van der Waals surface area contributed by atoms with Crippen molar-refractivity contribution in [2.45, 2.75) is 11.5 Å². The van der Waals surface area contributed by atoms with Gasteiger partial charge in [0.25, 0.3) is 0 Å². The van der Waals surface area contributed by atoms with Crippen LogP contribution in [0.3, 0.4) is 0 Å². The van der Waals surface area contributed by atoms with Crippen LogP contribution in [0.1, 0.15) is 5.56 Å². The number of hydrogen-bond donors (Lipinski definition) is 2. The molecule has 0 amide bonds. The summed E-state index contributed by atoms with van der Waals surface area (Å²) in [6, 6.07) is 5.64. The fraction of sp³-hybridized carbons (Fsp3) is 0.143. The van der Waals surface area contributed by atoms with Crippen LogP contribution >= 0.6 is 12.6 Å². The first-order chi connectivity index (χ1) is 4.74. The molecule has 0 aromatic heterocycles. The van der Waals surface area contributed by atoms with Crippen molar-refractivity contribution in [2.24, 2.45) is 0 Å². The fourth-order valence-corrected chi connectivity index (χ4v) is 1.31. The van der Waals surface area contributed by atoms with Gasteiger partial charge in [-0.1, -0.05) is 0 Å². The summed E-state index contributed by atoms with van der Waals surface area (Å²) in [6.45, 7) is 0.0960. The number of rotatable bonds is 1. The van der Waals surface area contributed by atoms with E-state index in [9.17, 15) is 0 Å². The molecule has 0 saturated heterocycles. The molecule has 0 heterocycles. The standard InChI is InChI=1S/C7H8OSSe/c8-4-5-1-2-6(9)7(10)3-5/h1-3,8-10H,4H2. The van der Waals surface area contributed by atoms with Gasteiger partial charge in [-0.2, -0.15) is 0 Å². The maximum absolute atomic E-state index is 8.72. The quantitative estimate of drug-likeness (QED) is 0.503. The van der Waals surface area contributed by atoms with Crippen molar-refractivity contribution < 1.29 is 5.11 Å². The van der Waals surface area contributed by atoms with Crippen LogP contribution in [0.15, 0.2) is 23.1 Å². The molecule has 0 saturated carbocycles. The van der Waals surface area contributed by atoms with Crippen LogP contribution in [0.25, 0.3) is 0 Å². The average Bonchev–Trinajstić information content (AvgIpc) is 1.95. The molecule has 0 aliphatic carbocycles. The first-order valence-corrected chi connectivity index (χ1v) is 4.24. The Labute approximate surface area is 73.7 Å². The van der Waals surface area contributed by atoms with Gasteiger partial charge in [0, 0.05) is 0 Å². The SMILES string of the molecule is OCc1ccc(S)c([SeH])c1. The Morgan fingerprint density at radius 2 is 2.20 bits per heavy atom. The van der Waals surface area contributed by atoms with Crippen LogP contribution in [0, 0.1) is 0 Å². The number of hydrogen-bond acceptors (Lipinski definition) is 2. The molecule has 1 N–H and O–H groups in total. The van der Waals surface area contributed by atoms with Crippen LogP contribution in [-0.4, -0.2) is 21.1 Å². The zero-order chi connectivity index (χ0) is 7.56. The van der Waals surface area contributed by atoms with Crippen molar-refractivity contribution in [1.29, 1.82) is 0 Å². The zero-order valence-corrected chi connectivity index (χ0v) is 8.05. The molecule has 0 spiro atoms. The van der Waals surface area contributed by atoms with Crippen LogP contribution in [0.4, 0.5) is 0 Å². The van der Waals surface area contributed by atoms with Gasteiger partial charge < -0.3 is 0 Å². The summed E-state index contributed by atoms with van der Waals surface area (Å²) in [5, 5.41) is 8.72. The second-order valence-corrected chi connectivity index (χ2v) is 3.47. The van der Waals surface area contributed by atoms with Crippen molar-refractivity contribution in [3.8, 4) is 0 Å². The van der Waals surface area contributed by atoms with Gasteiger partial charge in [-0.15, -0.1) is 0 Å². The third-order valence-corrected chi connectivity index (χ3v) is 2.77. The van der Waals surface area contributed by atoms with Crippen LogP contribution in [0.5, 0.6) is 0 Å². The van der Waals surface area contributed by atoms with Gasteiger partial charge in [0.15, 0.2) is 0 Å². The van der Waals surface area contributed by atoms with Gasteiger partial charge in [0.1, 0.15) is 0 Å². The molecule has 1 aromatic rings. The Morgan fingerprint density at radius 1 is 1.50 bits per heavy atom. The van der Waals surface area contributed by atoms with E-state index in [2.05, 4.69) is 28.6 Å². The van der Waals surface area contributed by atoms with Crippen LogP contribution < -0.4 is 4.46 Å². The van der Waals surface area contributed by atoms with E-state index in [1.54, 1.807) is 0 Å². The molecule has 54 valence electrons. The molecule has 0 bridgehead atoms. The van der Waals surface area contributed by atoms with Crippen LogP contribution in [-0.2, 0) is 6.61 Å². The third kappa shape index (κ3) is 1.77. The van der Waals surface area contributed by atoms with Crippen molar-refractivity contribution in [3.05, 3.63) is 23.8 Å². The molecule has 0 aliphatic heterocycles. The van der Waals surface area contributed by atoms with Gasteiger partial charge in [-0.25, -0.2) is 0 Å². The van der Waals surface area contributed by atoms with Crippen molar-refractivity contribution in [2.75, 3.05) is 0 Å². The number of aliphatic hydroxyl groups excluding tert-OH is 1. The Bertz CT molecular complexity index is 237. The fourth-order valence-electron chi connectivity index (χ4n) is 0.667. The van der Waals surface area contributed by atoms with Crippen LogP contribution in [0.2, 0.25) is 0 Å². The van der Waals surface area contributed by atoms with E-state index >= 15 is 0 Å². The summed E-state index contributed by atoms with van der Waals surface area (Å²) < 4.78 is 1.04. The minimum absolute atomic E-state index is 0.0960. The summed E-state index contributed by atoms with van der Waals surface area (Å²) in [5.74, 6) is 0. The zero-order valence-electron chi connectivity index (χ0n) is 5.28. The summed E-state index contributed by atoms with van der Waals surface area (Å²) >= 11 is 6.60. The van der Waals surface area contributed by atoms with Crippen molar-refractivity contribution in [1.82, 2.24) is 0 Å². The van der Waals surface area contributed by atoms with E-state index in [1.807, 2.05) is 18.2 Å². The minimum atomic E-state index is 0.0960. The third-order valence-electron chi connectivity index (χ3n) is 1.22. The Balaban J connectivity index is 3.04. The molecule has 1 nitrogen and oxygen atoms in total. The predicted octanol–water partition coefficient (Wildman–Crippen LogP) is -0.00630. The van der Waals surface area contributed by atoms with Gasteiger partial charge in [-0.05, 0) is 0 Å². The van der Waals surface area contributed by atoms with E-state index in [1.165, 1.54) is 0 Å². The second-order valence-electron chi connectivity index (χ2n) is 1.98. The molecular weight excluding hydrogens is 211 g/mol. The van der Waals surface area contributed by atoms with Crippen molar-refractivity contribution in [3.63, 3.8) is 0 Å². The molecule has 0 radical (unpaired) electrons. The molecule has 0 aliphatic rings. The molecule has 0 fully saturated rings. The van der Waals surface area contributed by atoms with Gasteiger partial charge >= 0.3 is 73.5 Å². The van der Waals surface area contributed by atoms with E-state index in [0.29, 0.717) is 0 Å². The molecular formula is C7H8OSSe. The Hall–Kier alpha value is 0.0495. The normalized spacial score (nSPS) is 9.90. The predicted molar refractivity (Wildman–Crippen MR) is 46.4 cm³/mol. The van der Waals surface area contributed by atoms with E-state index in [-0.39, 0.29) is 6.61 Å². The van der Waals surface area contributed by atoms with E-state index < -0.39 is 0 Å². The Kier molecular flexibility index (Phi) is 2.81. The summed E-state index contributed by atoms with van der Waals surface area (Å²) in [4.78, 5) is 0.942. The average molecular weight is 219 g/mol. The number of thiol groups is 1. The summed E-state index contributed by atoms with van der Waals surface area (Å²) in [5.41, 5.74) is 0.924. The van der Waals surface area contributed by atoms with E-state index in [0.717, 1.165) is 14.9 Å². The molecule has 3 heteroatoms. The molecule has 0 atom stereocenters. The molecule has 1 rings (SSSR count). The molecule has 0 unspecified atom stereocenters. The summed E-state index contributed by atoms with van der Waals surface area (Å²) in [7, 11) is 0. The maximum atomic E-state index is 8.72. The second kappa shape index (κ2) is 3.44. The first kappa shape index (κ1) is 8.15. The van der Waals surface area contributed by atoms with E-state index in [4.69, 9.17) is 5.11 Å². The topological polar surface area (TPSA) is 20.2 Å². The summed E-state index contributed by atoms with van der Waals surface area (Å²) in [6.07, 6.45) is 0. The monoisotopic (exact) mass is 220 g/mol. The number of aliphatic hydroxyl groups is 1. The number of benzene rings is 1. The van der Waals surface area contributed by atoms with Gasteiger partial charge in [0.05, 0.1) is 0 Å². The van der Waals surface area contributed by atoms with Gasteiger partial charge in [-0.3, -0.25) is 0 Å². The molecule has 1 aromatic carbocycles. The van der Waals surface area contributed by atoms with Gasteiger partial charge in [0.2, 0.25) is 0 Å². The molecule has 10 heavy (non-hydrogen) atoms. The first-order valence-electron chi connectivity index (χ1n) is 2.86.